The van der Waals surface area contributed by atoms with Gasteiger partial charge in [0, 0.05) is 22.8 Å². The summed E-state index contributed by atoms with van der Waals surface area (Å²) in [6, 6.07) is 8.24. The Kier molecular flexibility index (Phi) is 2.22. The Morgan fingerprint density at radius 3 is 3.13 bits per heavy atom. The Labute approximate surface area is 93.5 Å². The molecule has 78 valence electrons. The second kappa shape index (κ2) is 3.58. The van der Waals surface area contributed by atoms with Crippen molar-refractivity contribution in [3.05, 3.63) is 35.4 Å². The summed E-state index contributed by atoms with van der Waals surface area (Å²) >= 11 is 1.93. The van der Waals surface area contributed by atoms with E-state index in [-0.39, 0.29) is 6.10 Å². The number of para-hydroxylation sites is 1. The molecule has 3 heteroatoms. The maximum absolute atomic E-state index is 5.90. The largest absolute Gasteiger partial charge is 0.484 e. The molecule has 1 atom stereocenters. The lowest BCUT2D eigenvalue weighted by Crippen LogP contribution is -2.31. The molecular weight excluding hydrogens is 206 g/mol. The maximum Gasteiger partial charge on any atom is 0.133 e. The van der Waals surface area contributed by atoms with Gasteiger partial charge in [-0.05, 0) is 18.1 Å². The Bertz CT molecular complexity index is 427. The van der Waals surface area contributed by atoms with Gasteiger partial charge in [-0.1, -0.05) is 18.2 Å². The van der Waals surface area contributed by atoms with Crippen molar-refractivity contribution in [1.82, 2.24) is 0 Å². The van der Waals surface area contributed by atoms with Crippen molar-refractivity contribution < 1.29 is 4.74 Å². The molecular formula is C12H13NOS. The van der Waals surface area contributed by atoms with Crippen LogP contribution in [0.25, 0.3) is 4.91 Å². The minimum Gasteiger partial charge on any atom is -0.484 e. The van der Waals surface area contributed by atoms with Crippen LogP contribution in [-0.2, 0) is 0 Å². The van der Waals surface area contributed by atoms with Gasteiger partial charge >= 0.3 is 0 Å². The van der Waals surface area contributed by atoms with E-state index in [0.717, 1.165) is 12.2 Å². The molecule has 0 bridgehead atoms. The van der Waals surface area contributed by atoms with Gasteiger partial charge in [0.1, 0.15) is 11.9 Å². The number of thioether (sulfide) groups is 1. The van der Waals surface area contributed by atoms with Crippen molar-refractivity contribution in [2.75, 3.05) is 12.3 Å². The van der Waals surface area contributed by atoms with Gasteiger partial charge in [-0.25, -0.2) is 0 Å². The molecule has 2 nitrogen and oxygen atoms in total. The summed E-state index contributed by atoms with van der Waals surface area (Å²) in [6.45, 7) is 0.577. The summed E-state index contributed by atoms with van der Waals surface area (Å²) in [4.78, 5) is 1.41. The minimum atomic E-state index is 0.102. The van der Waals surface area contributed by atoms with Crippen molar-refractivity contribution in [3.63, 3.8) is 0 Å². The first kappa shape index (κ1) is 9.31. The average molecular weight is 219 g/mol. The first-order valence-electron chi connectivity index (χ1n) is 5.22. The summed E-state index contributed by atoms with van der Waals surface area (Å²) in [5.74, 6) is 2.15. The molecule has 0 radical (unpaired) electrons. The molecule has 1 unspecified atom stereocenters. The zero-order valence-electron chi connectivity index (χ0n) is 8.40. The lowest BCUT2D eigenvalue weighted by atomic mass is 10.00. The average Bonchev–Trinajstić information content (AvgIpc) is 2.77. The van der Waals surface area contributed by atoms with E-state index in [1.807, 2.05) is 23.9 Å². The van der Waals surface area contributed by atoms with Crippen molar-refractivity contribution in [3.8, 4) is 5.75 Å². The lowest BCUT2D eigenvalue weighted by molar-refractivity contribution is 0.238. The summed E-state index contributed by atoms with van der Waals surface area (Å²) in [6.07, 6.45) is 1.22. The van der Waals surface area contributed by atoms with Crippen LogP contribution in [0.3, 0.4) is 0 Å². The van der Waals surface area contributed by atoms with E-state index >= 15 is 0 Å². The molecule has 2 aliphatic rings. The first-order chi connectivity index (χ1) is 7.40. The lowest BCUT2D eigenvalue weighted by Gasteiger charge is -2.26. The van der Waals surface area contributed by atoms with E-state index in [4.69, 9.17) is 10.5 Å². The molecule has 2 N–H and O–H groups in total. The third kappa shape index (κ3) is 1.38. The van der Waals surface area contributed by atoms with Crippen LogP contribution in [0, 0.1) is 0 Å². The fourth-order valence-electron chi connectivity index (χ4n) is 2.20. The first-order valence-corrected chi connectivity index (χ1v) is 6.20. The molecule has 3 rings (SSSR count). The molecule has 0 aromatic heterocycles. The monoisotopic (exact) mass is 219 g/mol. The summed E-state index contributed by atoms with van der Waals surface area (Å²) in [7, 11) is 0. The summed E-state index contributed by atoms with van der Waals surface area (Å²) in [5, 5.41) is 0. The van der Waals surface area contributed by atoms with E-state index in [1.54, 1.807) is 0 Å². The maximum atomic E-state index is 5.90. The Morgan fingerprint density at radius 1 is 1.40 bits per heavy atom. The molecule has 15 heavy (non-hydrogen) atoms. The number of nitrogens with two attached hydrogens (primary N) is 1. The van der Waals surface area contributed by atoms with Gasteiger partial charge in [-0.2, -0.15) is 0 Å². The topological polar surface area (TPSA) is 35.2 Å². The van der Waals surface area contributed by atoms with Gasteiger partial charge in [0.05, 0.1) is 0 Å². The number of hydrogen-bond acceptors (Lipinski definition) is 3. The number of benzene rings is 1. The molecule has 0 saturated heterocycles. The van der Waals surface area contributed by atoms with E-state index in [9.17, 15) is 0 Å². The standard InChI is InChI=1S/C12H13NOS/c13-7-11-9-5-6-15-12(9)8-3-1-2-4-10(8)14-11/h1-4,11H,5-7,13H2. The molecule has 0 amide bonds. The second-order valence-corrected chi connectivity index (χ2v) is 4.90. The molecule has 2 aliphatic heterocycles. The predicted octanol–water partition coefficient (Wildman–Crippen LogP) is 2.25. The predicted molar refractivity (Wildman–Crippen MR) is 63.9 cm³/mol. The minimum absolute atomic E-state index is 0.102. The van der Waals surface area contributed by atoms with Gasteiger partial charge in [0.2, 0.25) is 0 Å². The van der Waals surface area contributed by atoms with Crippen molar-refractivity contribution in [1.29, 1.82) is 0 Å². The van der Waals surface area contributed by atoms with E-state index in [1.165, 1.54) is 21.8 Å². The highest BCUT2D eigenvalue weighted by Gasteiger charge is 2.30. The van der Waals surface area contributed by atoms with Gasteiger partial charge in [0.25, 0.3) is 0 Å². The van der Waals surface area contributed by atoms with Gasteiger partial charge in [-0.15, -0.1) is 11.8 Å². The zero-order valence-corrected chi connectivity index (χ0v) is 9.22. The van der Waals surface area contributed by atoms with E-state index in [2.05, 4.69) is 12.1 Å². The van der Waals surface area contributed by atoms with Crippen LogP contribution in [0.4, 0.5) is 0 Å². The number of ether oxygens (including phenoxy) is 1. The number of hydrogen-bond donors (Lipinski definition) is 1. The van der Waals surface area contributed by atoms with E-state index in [0.29, 0.717) is 6.54 Å². The molecule has 0 spiro atoms. The fourth-order valence-corrected chi connectivity index (χ4v) is 3.47. The Hall–Kier alpha value is -0.930. The van der Waals surface area contributed by atoms with Gasteiger partial charge in [0.15, 0.2) is 0 Å². The van der Waals surface area contributed by atoms with Crippen molar-refractivity contribution in [2.45, 2.75) is 12.5 Å². The highest BCUT2D eigenvalue weighted by molar-refractivity contribution is 8.08. The van der Waals surface area contributed by atoms with Gasteiger partial charge < -0.3 is 10.5 Å². The van der Waals surface area contributed by atoms with Gasteiger partial charge in [-0.3, -0.25) is 0 Å². The third-order valence-electron chi connectivity index (χ3n) is 2.91. The van der Waals surface area contributed by atoms with Crippen LogP contribution in [-0.4, -0.2) is 18.4 Å². The second-order valence-electron chi connectivity index (χ2n) is 3.79. The highest BCUT2D eigenvalue weighted by atomic mass is 32.2. The Balaban J connectivity index is 2.14. The molecule has 0 aliphatic carbocycles. The number of rotatable bonds is 1. The van der Waals surface area contributed by atoms with Crippen molar-refractivity contribution in [2.24, 2.45) is 5.73 Å². The molecule has 0 saturated carbocycles. The normalized spacial score (nSPS) is 23.4. The van der Waals surface area contributed by atoms with E-state index < -0.39 is 0 Å². The van der Waals surface area contributed by atoms with Crippen LogP contribution in [0.1, 0.15) is 12.0 Å². The third-order valence-corrected chi connectivity index (χ3v) is 4.09. The molecule has 1 aromatic rings. The summed E-state index contributed by atoms with van der Waals surface area (Å²) < 4.78 is 5.90. The quantitative estimate of drug-likeness (QED) is 0.787. The smallest absolute Gasteiger partial charge is 0.133 e. The number of fused-ring (bicyclic) bond motifs is 2. The van der Waals surface area contributed by atoms with Crippen LogP contribution < -0.4 is 10.5 Å². The molecule has 1 aromatic carbocycles. The fraction of sp³-hybridized carbons (Fsp3) is 0.333. The van der Waals surface area contributed by atoms with Crippen LogP contribution >= 0.6 is 11.8 Å². The highest BCUT2D eigenvalue weighted by Crippen LogP contribution is 2.47. The van der Waals surface area contributed by atoms with Crippen LogP contribution in [0.2, 0.25) is 0 Å². The Morgan fingerprint density at radius 2 is 2.27 bits per heavy atom. The SMILES string of the molecule is NCC1Oc2ccccc2C2=C1CCS2. The molecule has 2 heterocycles. The van der Waals surface area contributed by atoms with Crippen LogP contribution in [0.15, 0.2) is 29.8 Å². The van der Waals surface area contributed by atoms with Crippen molar-refractivity contribution >= 4 is 16.7 Å². The molecule has 0 fully saturated rings. The van der Waals surface area contributed by atoms with Crippen LogP contribution in [0.5, 0.6) is 5.75 Å². The zero-order chi connectivity index (χ0) is 10.3. The summed E-state index contributed by atoms with van der Waals surface area (Å²) in [5.41, 5.74) is 8.40.